The van der Waals surface area contributed by atoms with Crippen LogP contribution in [0.4, 0.5) is 0 Å². The molecule has 0 spiro atoms. The predicted octanol–water partition coefficient (Wildman–Crippen LogP) is 0.451. The van der Waals surface area contributed by atoms with Gasteiger partial charge in [-0.1, -0.05) is 19.3 Å². The van der Waals surface area contributed by atoms with Crippen molar-refractivity contribution in [3.63, 3.8) is 0 Å². The predicted molar refractivity (Wildman–Crippen MR) is 34.7 cm³/mol. The van der Waals surface area contributed by atoms with Gasteiger partial charge in [-0.25, -0.2) is 0 Å². The molecule has 0 amide bonds. The molecule has 0 radical (unpaired) electrons. The van der Waals surface area contributed by atoms with E-state index in [9.17, 15) is 0 Å². The number of rotatable bonds is 0. The van der Waals surface area contributed by atoms with Gasteiger partial charge in [-0.15, -0.1) is 0 Å². The van der Waals surface area contributed by atoms with Gasteiger partial charge in [-0.2, -0.15) is 0 Å². The normalized spacial score (nSPS) is 19.7. The van der Waals surface area contributed by atoms with E-state index in [1.807, 2.05) is 0 Å². The minimum Gasteiger partial charge on any atom is -0.412 e. The molecule has 1 aliphatic rings. The maximum absolute atomic E-state index is 5.63. The van der Waals surface area contributed by atoms with E-state index in [1.165, 1.54) is 32.1 Å². The first-order valence-electron chi connectivity index (χ1n) is 3.15. The molecule has 1 aliphatic carbocycles. The minimum absolute atomic E-state index is 0. The maximum atomic E-state index is 5.63. The van der Waals surface area contributed by atoms with Crippen LogP contribution in [0.3, 0.4) is 0 Å². The van der Waals surface area contributed by atoms with Gasteiger partial charge in [0.1, 0.15) is 0 Å². The Morgan fingerprint density at radius 3 is 1.67 bits per heavy atom. The summed E-state index contributed by atoms with van der Waals surface area (Å²) in [7, 11) is 0. The van der Waals surface area contributed by atoms with Crippen molar-refractivity contribution in [3.05, 3.63) is 0 Å². The number of nitrogens with two attached hydrogens (primary N) is 1. The van der Waals surface area contributed by atoms with E-state index >= 15 is 0 Å². The Morgan fingerprint density at radius 2 is 1.44 bits per heavy atom. The van der Waals surface area contributed by atoms with Gasteiger partial charge >= 0.3 is 0 Å². The molecule has 1 fully saturated rings. The molecule has 60 valence electrons. The Labute approximate surface area is 70.8 Å². The van der Waals surface area contributed by atoms with Crippen LogP contribution in [-0.4, -0.2) is 11.5 Å². The molecule has 0 saturated heterocycles. The van der Waals surface area contributed by atoms with Gasteiger partial charge < -0.3 is 11.2 Å². The fourth-order valence-electron chi connectivity index (χ4n) is 1.13. The molecule has 0 unspecified atom stereocenters. The fourth-order valence-corrected chi connectivity index (χ4v) is 1.13. The molecule has 0 aromatic carbocycles. The summed E-state index contributed by atoms with van der Waals surface area (Å²) in [4.78, 5) is 0. The third kappa shape index (κ3) is 5.07. The molecule has 0 heterocycles. The van der Waals surface area contributed by atoms with Crippen LogP contribution < -0.4 is 5.73 Å². The first-order chi connectivity index (χ1) is 3.39. The summed E-state index contributed by atoms with van der Waals surface area (Å²) in [5.74, 6) is 0. The van der Waals surface area contributed by atoms with Crippen molar-refractivity contribution in [3.8, 4) is 0 Å². The average molecular weight is 312 g/mol. The Bertz CT molecular complexity index is 55.0. The van der Waals surface area contributed by atoms with E-state index < -0.39 is 0 Å². The van der Waals surface area contributed by atoms with Crippen LogP contribution in [-0.2, 0) is 21.1 Å². The van der Waals surface area contributed by atoms with Crippen molar-refractivity contribution < 1.29 is 26.5 Å². The van der Waals surface area contributed by atoms with Gasteiger partial charge in [0.2, 0.25) is 0 Å². The van der Waals surface area contributed by atoms with Crippen molar-refractivity contribution in [1.82, 2.24) is 0 Å². The largest absolute Gasteiger partial charge is 0.412 e. The van der Waals surface area contributed by atoms with Crippen LogP contribution in [0, 0.1) is 0 Å². The standard InChI is InChI=1S/C6H13N.H2O.Pt/c7-6-4-2-1-3-5-6;;/h6H,1-5,7H2;1H2;. The quantitative estimate of drug-likeness (QED) is 0.694. The third-order valence-electron chi connectivity index (χ3n) is 1.65. The van der Waals surface area contributed by atoms with Crippen molar-refractivity contribution >= 4 is 0 Å². The summed E-state index contributed by atoms with van der Waals surface area (Å²) in [6, 6.07) is 0.536. The molecular formula is C6H15NOPt. The van der Waals surface area contributed by atoms with Crippen LogP contribution in [0.5, 0.6) is 0 Å². The van der Waals surface area contributed by atoms with Crippen LogP contribution in [0.25, 0.3) is 0 Å². The Hall–Kier alpha value is 0.608. The number of hydrogen-bond donors (Lipinski definition) is 1. The van der Waals surface area contributed by atoms with Crippen LogP contribution in [0.2, 0.25) is 0 Å². The molecule has 0 aliphatic heterocycles. The zero-order valence-electron chi connectivity index (χ0n) is 5.51. The van der Waals surface area contributed by atoms with Gasteiger partial charge in [0, 0.05) is 27.1 Å². The van der Waals surface area contributed by atoms with Crippen molar-refractivity contribution in [2.45, 2.75) is 38.1 Å². The maximum Gasteiger partial charge on any atom is 0.00388 e. The van der Waals surface area contributed by atoms with Crippen molar-refractivity contribution in [1.29, 1.82) is 0 Å². The summed E-state index contributed by atoms with van der Waals surface area (Å²) in [6.07, 6.45) is 6.66. The van der Waals surface area contributed by atoms with E-state index in [4.69, 9.17) is 5.73 Å². The van der Waals surface area contributed by atoms with Gasteiger partial charge in [-0.3, -0.25) is 0 Å². The summed E-state index contributed by atoms with van der Waals surface area (Å²) >= 11 is 0. The van der Waals surface area contributed by atoms with Gasteiger partial charge in [0.05, 0.1) is 0 Å². The second kappa shape index (κ2) is 6.72. The SMILES string of the molecule is NC1CCCCC1.O.[Pt]. The van der Waals surface area contributed by atoms with E-state index in [2.05, 4.69) is 0 Å². The second-order valence-electron chi connectivity index (χ2n) is 2.40. The Morgan fingerprint density at radius 1 is 1.00 bits per heavy atom. The third-order valence-corrected chi connectivity index (χ3v) is 1.65. The summed E-state index contributed by atoms with van der Waals surface area (Å²) < 4.78 is 0. The summed E-state index contributed by atoms with van der Waals surface area (Å²) in [5.41, 5.74) is 5.63. The van der Waals surface area contributed by atoms with Gasteiger partial charge in [0.25, 0.3) is 0 Å². The first-order valence-corrected chi connectivity index (χ1v) is 3.15. The van der Waals surface area contributed by atoms with Crippen LogP contribution in [0.1, 0.15) is 32.1 Å². The summed E-state index contributed by atoms with van der Waals surface area (Å²) in [6.45, 7) is 0. The molecular weight excluding hydrogens is 297 g/mol. The van der Waals surface area contributed by atoms with E-state index in [0.29, 0.717) is 6.04 Å². The topological polar surface area (TPSA) is 57.5 Å². The van der Waals surface area contributed by atoms with Gasteiger partial charge in [-0.05, 0) is 12.8 Å². The van der Waals surface area contributed by atoms with E-state index in [0.717, 1.165) is 0 Å². The molecule has 0 aromatic heterocycles. The smallest absolute Gasteiger partial charge is 0.00388 e. The zero-order chi connectivity index (χ0) is 5.11. The molecule has 1 rings (SSSR count). The molecule has 2 nitrogen and oxygen atoms in total. The van der Waals surface area contributed by atoms with E-state index in [-0.39, 0.29) is 26.5 Å². The fraction of sp³-hybridized carbons (Fsp3) is 1.00. The molecule has 0 aromatic rings. The van der Waals surface area contributed by atoms with Gasteiger partial charge in [0.15, 0.2) is 0 Å². The van der Waals surface area contributed by atoms with E-state index in [1.54, 1.807) is 0 Å². The monoisotopic (exact) mass is 312 g/mol. The molecule has 3 heteroatoms. The molecule has 0 bridgehead atoms. The summed E-state index contributed by atoms with van der Waals surface area (Å²) in [5, 5.41) is 0. The molecule has 9 heavy (non-hydrogen) atoms. The minimum atomic E-state index is 0. The molecule has 4 N–H and O–H groups in total. The Balaban J connectivity index is 0. The zero-order valence-corrected chi connectivity index (χ0v) is 7.78. The average Bonchev–Trinajstić information content (AvgIpc) is 1.69. The molecule has 1 saturated carbocycles. The van der Waals surface area contributed by atoms with Crippen LogP contribution >= 0.6 is 0 Å². The Kier molecular flexibility index (Phi) is 9.19. The second-order valence-corrected chi connectivity index (χ2v) is 2.40. The van der Waals surface area contributed by atoms with Crippen molar-refractivity contribution in [2.75, 3.05) is 0 Å². The van der Waals surface area contributed by atoms with Crippen molar-refractivity contribution in [2.24, 2.45) is 5.73 Å². The first kappa shape index (κ1) is 12.3. The molecule has 0 atom stereocenters. The number of hydrogen-bond acceptors (Lipinski definition) is 1. The van der Waals surface area contributed by atoms with Crippen LogP contribution in [0.15, 0.2) is 0 Å².